The molecule has 50 heavy (non-hydrogen) atoms. The molecule has 0 spiro atoms. The van der Waals surface area contributed by atoms with Gasteiger partial charge in [-0.2, -0.15) is 0 Å². The lowest BCUT2D eigenvalue weighted by Gasteiger charge is -2.34. The lowest BCUT2D eigenvalue weighted by atomic mass is 9.79. The van der Waals surface area contributed by atoms with Crippen LogP contribution in [0.5, 0.6) is 0 Å². The van der Waals surface area contributed by atoms with Gasteiger partial charge in [-0.05, 0) is 89.3 Å². The van der Waals surface area contributed by atoms with Gasteiger partial charge in [-0.1, -0.05) is 139 Å². The van der Waals surface area contributed by atoms with Crippen molar-refractivity contribution in [3.8, 4) is 11.1 Å². The van der Waals surface area contributed by atoms with Crippen molar-refractivity contribution in [3.63, 3.8) is 0 Å². The quantitative estimate of drug-likeness (QED) is 0.128. The van der Waals surface area contributed by atoms with Gasteiger partial charge >= 0.3 is 0 Å². The maximum Gasteiger partial charge on any atom is 0.0647 e. The van der Waals surface area contributed by atoms with E-state index in [1.165, 1.54) is 39.1 Å². The fourth-order valence-corrected chi connectivity index (χ4v) is 7.10. The van der Waals surface area contributed by atoms with Gasteiger partial charge in [0.25, 0.3) is 0 Å². The van der Waals surface area contributed by atoms with Crippen molar-refractivity contribution >= 4 is 22.8 Å². The monoisotopic (exact) mass is 661 g/mol. The highest BCUT2D eigenvalue weighted by molar-refractivity contribution is 6.10. The number of hydrogen-bond donors (Lipinski definition) is 1. The fourth-order valence-electron chi connectivity index (χ4n) is 7.10. The van der Waals surface area contributed by atoms with Crippen LogP contribution in [0, 0.1) is 0 Å². The predicted octanol–water partition coefficient (Wildman–Crippen LogP) is 13.1. The highest BCUT2D eigenvalue weighted by atomic mass is 15.1. The van der Waals surface area contributed by atoms with Crippen LogP contribution in [0.15, 0.2) is 145 Å². The summed E-state index contributed by atoms with van der Waals surface area (Å²) < 4.78 is 0. The third-order valence-electron chi connectivity index (χ3n) is 9.96. The third-order valence-corrected chi connectivity index (χ3v) is 9.96. The van der Waals surface area contributed by atoms with Gasteiger partial charge in [-0.25, -0.2) is 0 Å². The van der Waals surface area contributed by atoms with E-state index in [-0.39, 0.29) is 12.0 Å². The number of para-hydroxylation sites is 2. The summed E-state index contributed by atoms with van der Waals surface area (Å²) in [7, 11) is 2.13. The molecule has 3 heteroatoms. The number of hydrogen-bond acceptors (Lipinski definition) is 3. The minimum atomic E-state index is 0.0431. The molecule has 4 aromatic carbocycles. The summed E-state index contributed by atoms with van der Waals surface area (Å²) in [5, 5.41) is 3.94. The lowest BCUT2D eigenvalue weighted by Crippen LogP contribution is -2.29. The van der Waals surface area contributed by atoms with Crippen molar-refractivity contribution in [3.05, 3.63) is 162 Å². The molecule has 0 bridgehead atoms. The molecule has 0 saturated carbocycles. The average Bonchev–Trinajstić information content (AvgIpc) is 3.13. The number of nitrogens with one attached hydrogen (secondary N) is 1. The average molecular weight is 662 g/mol. The Morgan fingerprint density at radius 3 is 2.16 bits per heavy atom. The van der Waals surface area contributed by atoms with Crippen molar-refractivity contribution in [1.82, 2.24) is 0 Å². The second-order valence-electron chi connectivity index (χ2n) is 14.2. The van der Waals surface area contributed by atoms with E-state index >= 15 is 0 Å². The molecule has 1 aliphatic heterocycles. The summed E-state index contributed by atoms with van der Waals surface area (Å²) in [6, 6.07) is 32.8. The lowest BCUT2D eigenvalue weighted by molar-refractivity contribution is 0.490. The Balaban J connectivity index is 1.46. The minimum Gasteiger partial charge on any atom is -0.353 e. The first-order chi connectivity index (χ1) is 24.1. The van der Waals surface area contributed by atoms with Gasteiger partial charge in [0.2, 0.25) is 0 Å². The van der Waals surface area contributed by atoms with Gasteiger partial charge in [0.05, 0.1) is 23.1 Å². The highest BCUT2D eigenvalue weighted by Gasteiger charge is 2.31. The molecule has 1 aliphatic rings. The van der Waals surface area contributed by atoms with Crippen LogP contribution in [0.4, 0.5) is 17.1 Å². The molecule has 1 N–H and O–H groups in total. The van der Waals surface area contributed by atoms with Gasteiger partial charge in [0.1, 0.15) is 0 Å². The van der Waals surface area contributed by atoms with E-state index in [4.69, 9.17) is 4.99 Å². The van der Waals surface area contributed by atoms with Gasteiger partial charge in [0, 0.05) is 36.3 Å². The standard InChI is InChI=1S/C47H55N3/c1-10-12-20-34(7)27-28-40-38-23-16-17-24-39(38)43(11-2)48-45(40)29-35(8)50(9)46-26-19-18-25-44(46)49-47-41(32(3)4)30-37(31-42(47)33(5)6)36-21-14-13-15-22-36/h11-26,30-33,40,45,49H,2,7-8,10,27-29H2,1,3-6,9H3/b20-12-. The molecule has 0 radical (unpaired) electrons. The highest BCUT2D eigenvalue weighted by Crippen LogP contribution is 2.42. The van der Waals surface area contributed by atoms with Crippen molar-refractivity contribution in [2.45, 2.75) is 84.1 Å². The molecule has 0 aliphatic carbocycles. The van der Waals surface area contributed by atoms with Crippen LogP contribution in [0.2, 0.25) is 0 Å². The minimum absolute atomic E-state index is 0.0431. The van der Waals surface area contributed by atoms with Gasteiger partial charge in [0.15, 0.2) is 0 Å². The molecule has 4 aromatic rings. The Kier molecular flexibility index (Phi) is 12.1. The van der Waals surface area contributed by atoms with Crippen LogP contribution < -0.4 is 10.2 Å². The van der Waals surface area contributed by atoms with Crippen LogP contribution in [0.25, 0.3) is 11.1 Å². The first-order valence-corrected chi connectivity index (χ1v) is 18.3. The maximum atomic E-state index is 5.31. The van der Waals surface area contributed by atoms with Crippen molar-refractivity contribution in [2.24, 2.45) is 4.99 Å². The first-order valence-electron chi connectivity index (χ1n) is 18.3. The number of nitrogens with zero attached hydrogens (tertiary/aromatic N) is 2. The summed E-state index contributed by atoms with van der Waals surface area (Å²) >= 11 is 0. The SMILES string of the molecule is C=CC1=NC(CC(=C)N(C)c2ccccc2Nc2c(C(C)C)cc(-c3ccccc3)cc2C(C)C)C(CCC(=C)/C=C\CC)c2ccccc21. The summed E-state index contributed by atoms with van der Waals surface area (Å²) in [6.07, 6.45) is 9.92. The number of fused-ring (bicyclic) bond motifs is 1. The molecular formula is C47H55N3. The molecule has 2 unspecified atom stereocenters. The summed E-state index contributed by atoms with van der Waals surface area (Å²) in [5.41, 5.74) is 14.2. The molecule has 0 fully saturated rings. The van der Waals surface area contributed by atoms with E-state index < -0.39 is 0 Å². The number of rotatable bonds is 15. The third kappa shape index (κ3) is 8.28. The van der Waals surface area contributed by atoms with E-state index in [2.05, 4.69) is 175 Å². The van der Waals surface area contributed by atoms with Crippen LogP contribution in [-0.2, 0) is 0 Å². The normalized spacial score (nSPS) is 15.6. The second-order valence-corrected chi connectivity index (χ2v) is 14.2. The molecule has 1 heterocycles. The smallest absolute Gasteiger partial charge is 0.0647 e. The Labute approximate surface area is 301 Å². The van der Waals surface area contributed by atoms with E-state index in [1.54, 1.807) is 0 Å². The summed E-state index contributed by atoms with van der Waals surface area (Å²) in [6.45, 7) is 24.4. The first kappa shape index (κ1) is 36.4. The summed E-state index contributed by atoms with van der Waals surface area (Å²) in [4.78, 5) is 7.56. The Morgan fingerprint density at radius 2 is 1.50 bits per heavy atom. The van der Waals surface area contributed by atoms with Gasteiger partial charge in [-0.15, -0.1) is 0 Å². The summed E-state index contributed by atoms with van der Waals surface area (Å²) in [5.74, 6) is 0.940. The molecule has 5 rings (SSSR count). The van der Waals surface area contributed by atoms with E-state index in [0.717, 1.165) is 54.0 Å². The zero-order valence-electron chi connectivity index (χ0n) is 31.0. The van der Waals surface area contributed by atoms with Crippen LogP contribution in [-0.4, -0.2) is 18.8 Å². The molecule has 0 saturated heterocycles. The molecule has 0 aromatic heterocycles. The topological polar surface area (TPSA) is 27.6 Å². The number of anilines is 3. The molecular weight excluding hydrogens is 607 g/mol. The Bertz CT molecular complexity index is 1840. The Morgan fingerprint density at radius 1 is 0.860 bits per heavy atom. The molecule has 2 atom stereocenters. The van der Waals surface area contributed by atoms with E-state index in [9.17, 15) is 0 Å². The number of benzene rings is 4. The van der Waals surface area contributed by atoms with Crippen LogP contribution >= 0.6 is 0 Å². The zero-order chi connectivity index (χ0) is 35.8. The van der Waals surface area contributed by atoms with Crippen molar-refractivity contribution in [2.75, 3.05) is 17.3 Å². The predicted molar refractivity (Wildman–Crippen MR) is 219 cm³/mol. The van der Waals surface area contributed by atoms with E-state index in [1.807, 2.05) is 6.08 Å². The van der Waals surface area contributed by atoms with Crippen LogP contribution in [0.3, 0.4) is 0 Å². The van der Waals surface area contributed by atoms with Crippen LogP contribution in [0.1, 0.15) is 100 Å². The molecule has 3 nitrogen and oxygen atoms in total. The maximum absolute atomic E-state index is 5.31. The zero-order valence-corrected chi connectivity index (χ0v) is 31.0. The van der Waals surface area contributed by atoms with Gasteiger partial charge < -0.3 is 10.2 Å². The van der Waals surface area contributed by atoms with Gasteiger partial charge in [-0.3, -0.25) is 4.99 Å². The number of allylic oxidation sites excluding steroid dienone is 4. The number of aliphatic imine (C=N–C) groups is 1. The Hall–Kier alpha value is -4.89. The molecule has 258 valence electrons. The fraction of sp³-hybridized carbons (Fsp3) is 0.298. The van der Waals surface area contributed by atoms with E-state index in [0.29, 0.717) is 11.8 Å². The second kappa shape index (κ2) is 16.7. The van der Waals surface area contributed by atoms with Crippen molar-refractivity contribution < 1.29 is 0 Å². The van der Waals surface area contributed by atoms with Crippen molar-refractivity contribution in [1.29, 1.82) is 0 Å². The largest absolute Gasteiger partial charge is 0.353 e. The molecule has 0 amide bonds.